The van der Waals surface area contributed by atoms with Crippen LogP contribution in [0.4, 0.5) is 5.69 Å². The minimum Gasteiger partial charge on any atom is -0.326 e. The Hall–Kier alpha value is -1.84. The van der Waals surface area contributed by atoms with Crippen molar-refractivity contribution < 1.29 is 4.79 Å². The molecule has 0 saturated heterocycles. The van der Waals surface area contributed by atoms with Crippen LogP contribution >= 0.6 is 11.6 Å². The first-order valence-electron chi connectivity index (χ1n) is 7.37. The molecule has 1 amide bonds. The first kappa shape index (κ1) is 16.5. The van der Waals surface area contributed by atoms with Gasteiger partial charge in [-0.15, -0.1) is 0 Å². The number of hydrogen-bond acceptors (Lipinski definition) is 2. The summed E-state index contributed by atoms with van der Waals surface area (Å²) in [5, 5.41) is 6.83. The molecule has 0 atom stereocenters. The Balaban J connectivity index is 1.74. The van der Waals surface area contributed by atoms with Gasteiger partial charge in [0, 0.05) is 30.2 Å². The van der Waals surface area contributed by atoms with Crippen LogP contribution in [0.15, 0.2) is 42.5 Å². The SMILES string of the molecule is Cc1ccc(CNCCC(=O)Nc2cccc(Cl)c2C)cc1. The summed E-state index contributed by atoms with van der Waals surface area (Å²) in [6.45, 7) is 5.37. The summed E-state index contributed by atoms with van der Waals surface area (Å²) < 4.78 is 0. The maximum absolute atomic E-state index is 11.9. The predicted molar refractivity (Wildman–Crippen MR) is 92.3 cm³/mol. The average Bonchev–Trinajstić information content (AvgIpc) is 2.50. The fourth-order valence-electron chi connectivity index (χ4n) is 2.10. The van der Waals surface area contributed by atoms with Gasteiger partial charge in [-0.05, 0) is 37.1 Å². The van der Waals surface area contributed by atoms with Crippen molar-refractivity contribution in [3.63, 3.8) is 0 Å². The lowest BCUT2D eigenvalue weighted by atomic mass is 10.1. The van der Waals surface area contributed by atoms with Crippen molar-refractivity contribution in [2.24, 2.45) is 0 Å². The summed E-state index contributed by atoms with van der Waals surface area (Å²) in [6, 6.07) is 13.9. The second kappa shape index (κ2) is 7.97. The molecular formula is C18H21ClN2O. The molecule has 0 aliphatic carbocycles. The Labute approximate surface area is 136 Å². The third kappa shape index (κ3) is 4.86. The van der Waals surface area contributed by atoms with Crippen LogP contribution in [-0.2, 0) is 11.3 Å². The van der Waals surface area contributed by atoms with E-state index in [1.807, 2.05) is 25.1 Å². The number of hydrogen-bond donors (Lipinski definition) is 2. The van der Waals surface area contributed by atoms with Gasteiger partial charge in [-0.25, -0.2) is 0 Å². The Morgan fingerprint density at radius 1 is 1.09 bits per heavy atom. The van der Waals surface area contributed by atoms with Crippen molar-refractivity contribution in [1.29, 1.82) is 0 Å². The number of carbonyl (C=O) groups excluding carboxylic acids is 1. The minimum absolute atomic E-state index is 0.0122. The van der Waals surface area contributed by atoms with E-state index in [-0.39, 0.29) is 5.91 Å². The number of amides is 1. The molecule has 0 aliphatic rings. The van der Waals surface area contributed by atoms with E-state index in [1.165, 1.54) is 11.1 Å². The van der Waals surface area contributed by atoms with E-state index < -0.39 is 0 Å². The van der Waals surface area contributed by atoms with E-state index in [4.69, 9.17) is 11.6 Å². The molecule has 2 rings (SSSR count). The van der Waals surface area contributed by atoms with Gasteiger partial charge in [0.25, 0.3) is 0 Å². The van der Waals surface area contributed by atoms with Gasteiger partial charge in [0.15, 0.2) is 0 Å². The number of aryl methyl sites for hydroxylation is 1. The van der Waals surface area contributed by atoms with Crippen LogP contribution in [0.2, 0.25) is 5.02 Å². The molecular weight excluding hydrogens is 296 g/mol. The maximum Gasteiger partial charge on any atom is 0.225 e. The van der Waals surface area contributed by atoms with E-state index in [9.17, 15) is 4.79 Å². The third-order valence-corrected chi connectivity index (χ3v) is 3.93. The highest BCUT2D eigenvalue weighted by atomic mass is 35.5. The fraction of sp³-hybridized carbons (Fsp3) is 0.278. The first-order chi connectivity index (χ1) is 10.6. The zero-order valence-electron chi connectivity index (χ0n) is 12.9. The Morgan fingerprint density at radius 3 is 2.55 bits per heavy atom. The van der Waals surface area contributed by atoms with Gasteiger partial charge < -0.3 is 10.6 Å². The molecule has 3 nitrogen and oxygen atoms in total. The first-order valence-corrected chi connectivity index (χ1v) is 7.75. The standard InChI is InChI=1S/C18H21ClN2O/c1-13-6-8-15(9-7-13)12-20-11-10-18(22)21-17-5-3-4-16(19)14(17)2/h3-9,20H,10-12H2,1-2H3,(H,21,22). The molecule has 116 valence electrons. The topological polar surface area (TPSA) is 41.1 Å². The molecule has 2 aromatic carbocycles. The molecule has 0 saturated carbocycles. The maximum atomic E-state index is 11.9. The van der Waals surface area contributed by atoms with Crippen molar-refractivity contribution in [1.82, 2.24) is 5.32 Å². The van der Waals surface area contributed by atoms with Crippen LogP contribution in [0.1, 0.15) is 23.1 Å². The van der Waals surface area contributed by atoms with E-state index in [0.717, 1.165) is 17.8 Å². The van der Waals surface area contributed by atoms with Gasteiger partial charge in [-0.3, -0.25) is 4.79 Å². The molecule has 0 fully saturated rings. The zero-order chi connectivity index (χ0) is 15.9. The third-order valence-electron chi connectivity index (χ3n) is 3.52. The number of anilines is 1. The van der Waals surface area contributed by atoms with Gasteiger partial charge in [0.05, 0.1) is 0 Å². The van der Waals surface area contributed by atoms with Crippen molar-refractivity contribution in [3.05, 3.63) is 64.2 Å². The Bertz CT molecular complexity index is 638. The van der Waals surface area contributed by atoms with Gasteiger partial charge in [0.1, 0.15) is 0 Å². The second-order valence-electron chi connectivity index (χ2n) is 5.37. The average molecular weight is 317 g/mol. The minimum atomic E-state index is -0.0122. The highest BCUT2D eigenvalue weighted by Crippen LogP contribution is 2.22. The molecule has 0 radical (unpaired) electrons. The predicted octanol–water partition coefficient (Wildman–Crippen LogP) is 4.08. The van der Waals surface area contributed by atoms with Crippen LogP contribution in [-0.4, -0.2) is 12.5 Å². The second-order valence-corrected chi connectivity index (χ2v) is 5.78. The molecule has 0 unspecified atom stereocenters. The molecule has 0 heterocycles. The van der Waals surface area contributed by atoms with Gasteiger partial charge in [0.2, 0.25) is 5.91 Å². The van der Waals surface area contributed by atoms with Gasteiger partial charge in [-0.1, -0.05) is 47.5 Å². The number of carbonyl (C=O) groups is 1. The molecule has 0 bridgehead atoms. The summed E-state index contributed by atoms with van der Waals surface area (Å²) >= 11 is 6.04. The van der Waals surface area contributed by atoms with Gasteiger partial charge >= 0.3 is 0 Å². The summed E-state index contributed by atoms with van der Waals surface area (Å²) in [7, 11) is 0. The van der Waals surface area contributed by atoms with E-state index >= 15 is 0 Å². The highest BCUT2D eigenvalue weighted by molar-refractivity contribution is 6.31. The highest BCUT2D eigenvalue weighted by Gasteiger charge is 2.06. The quantitative estimate of drug-likeness (QED) is 0.789. The lowest BCUT2D eigenvalue weighted by Gasteiger charge is -2.10. The van der Waals surface area contributed by atoms with Crippen LogP contribution in [0.25, 0.3) is 0 Å². The number of halogens is 1. The normalized spacial score (nSPS) is 10.5. The molecule has 0 spiro atoms. The zero-order valence-corrected chi connectivity index (χ0v) is 13.7. The molecule has 22 heavy (non-hydrogen) atoms. The lowest BCUT2D eigenvalue weighted by Crippen LogP contribution is -2.21. The molecule has 0 aromatic heterocycles. The van der Waals surface area contributed by atoms with E-state index in [2.05, 4.69) is 41.8 Å². The number of rotatable bonds is 6. The van der Waals surface area contributed by atoms with Gasteiger partial charge in [-0.2, -0.15) is 0 Å². The Morgan fingerprint density at radius 2 is 1.82 bits per heavy atom. The molecule has 0 aliphatic heterocycles. The summed E-state index contributed by atoms with van der Waals surface area (Å²) in [4.78, 5) is 11.9. The van der Waals surface area contributed by atoms with Crippen LogP contribution in [0, 0.1) is 13.8 Å². The van der Waals surface area contributed by atoms with Crippen LogP contribution in [0.3, 0.4) is 0 Å². The Kier molecular flexibility index (Phi) is 5.99. The van der Waals surface area contributed by atoms with Crippen LogP contribution < -0.4 is 10.6 Å². The molecule has 2 N–H and O–H groups in total. The summed E-state index contributed by atoms with van der Waals surface area (Å²) in [6.07, 6.45) is 0.428. The lowest BCUT2D eigenvalue weighted by molar-refractivity contribution is -0.116. The fourth-order valence-corrected chi connectivity index (χ4v) is 2.27. The van der Waals surface area contributed by atoms with Crippen molar-refractivity contribution >= 4 is 23.2 Å². The van der Waals surface area contributed by atoms with Crippen molar-refractivity contribution in [2.75, 3.05) is 11.9 Å². The monoisotopic (exact) mass is 316 g/mol. The number of nitrogens with one attached hydrogen (secondary N) is 2. The van der Waals surface area contributed by atoms with Crippen molar-refractivity contribution in [3.8, 4) is 0 Å². The molecule has 2 aromatic rings. The smallest absolute Gasteiger partial charge is 0.225 e. The van der Waals surface area contributed by atoms with E-state index in [0.29, 0.717) is 18.0 Å². The largest absolute Gasteiger partial charge is 0.326 e. The number of benzene rings is 2. The molecule has 4 heteroatoms. The van der Waals surface area contributed by atoms with Crippen molar-refractivity contribution in [2.45, 2.75) is 26.8 Å². The van der Waals surface area contributed by atoms with E-state index in [1.54, 1.807) is 0 Å². The summed E-state index contributed by atoms with van der Waals surface area (Å²) in [5.74, 6) is -0.0122. The summed E-state index contributed by atoms with van der Waals surface area (Å²) in [5.41, 5.74) is 4.14. The van der Waals surface area contributed by atoms with Crippen LogP contribution in [0.5, 0.6) is 0 Å².